The first-order chi connectivity index (χ1) is 9.89. The number of nitrogens with zero attached hydrogens (tertiary/aromatic N) is 1. The van der Waals surface area contributed by atoms with E-state index >= 15 is 0 Å². The smallest absolute Gasteiger partial charge is 0.411 e. The van der Waals surface area contributed by atoms with E-state index in [-0.39, 0.29) is 12.1 Å². The molecule has 0 bridgehead atoms. The van der Waals surface area contributed by atoms with Crippen LogP contribution in [0.1, 0.15) is 38.8 Å². The topological polar surface area (TPSA) is 29.5 Å². The third kappa shape index (κ3) is 5.46. The number of hydrogen-bond acceptors (Lipinski definition) is 2. The second-order valence-corrected chi connectivity index (χ2v) is 5.87. The van der Waals surface area contributed by atoms with Crippen LogP contribution in [0.5, 0.6) is 0 Å². The van der Waals surface area contributed by atoms with Crippen LogP contribution in [0.4, 0.5) is 4.79 Å². The number of carbonyl (C=O) groups excluding carboxylic acids is 1. The highest BCUT2D eigenvalue weighted by atomic mass is 16.6. The minimum Gasteiger partial charge on any atom is -0.444 e. The van der Waals surface area contributed by atoms with E-state index in [0.717, 1.165) is 5.56 Å². The van der Waals surface area contributed by atoms with Crippen molar-refractivity contribution in [2.45, 2.75) is 38.8 Å². The van der Waals surface area contributed by atoms with Crippen molar-refractivity contribution >= 4 is 6.09 Å². The number of ether oxygens (including phenoxy) is 1. The summed E-state index contributed by atoms with van der Waals surface area (Å²) in [5.74, 6) is 0. The Morgan fingerprint density at radius 2 is 1.86 bits per heavy atom. The molecule has 0 radical (unpaired) electrons. The zero-order valence-electron chi connectivity index (χ0n) is 13.2. The third-order valence-electron chi connectivity index (χ3n) is 2.90. The Bertz CT molecular complexity index is 474. The van der Waals surface area contributed by atoms with Gasteiger partial charge >= 0.3 is 6.09 Å². The molecule has 21 heavy (non-hydrogen) atoms. The second kappa shape index (κ2) is 7.67. The van der Waals surface area contributed by atoms with Gasteiger partial charge in [0.15, 0.2) is 0 Å². The molecule has 0 aliphatic carbocycles. The van der Waals surface area contributed by atoms with Gasteiger partial charge in [-0.25, -0.2) is 4.79 Å². The van der Waals surface area contributed by atoms with Gasteiger partial charge in [0.25, 0.3) is 0 Å². The lowest BCUT2D eigenvalue weighted by Crippen LogP contribution is -2.39. The number of benzene rings is 1. The van der Waals surface area contributed by atoms with Crippen molar-refractivity contribution in [3.8, 4) is 0 Å². The molecule has 0 fully saturated rings. The zero-order chi connectivity index (χ0) is 15.9. The fraction of sp³-hybridized carbons (Fsp3) is 0.389. The Labute approximate surface area is 127 Å². The summed E-state index contributed by atoms with van der Waals surface area (Å²) in [7, 11) is 0. The van der Waals surface area contributed by atoms with E-state index < -0.39 is 5.60 Å². The summed E-state index contributed by atoms with van der Waals surface area (Å²) in [5.41, 5.74) is 0.538. The van der Waals surface area contributed by atoms with Gasteiger partial charge in [-0.05, 0) is 32.8 Å². The Hall–Kier alpha value is -2.03. The zero-order valence-corrected chi connectivity index (χ0v) is 13.2. The minimum absolute atomic E-state index is 0.100. The number of hydrogen-bond donors (Lipinski definition) is 0. The molecule has 0 saturated heterocycles. The minimum atomic E-state index is -0.522. The van der Waals surface area contributed by atoms with Crippen LogP contribution in [0.3, 0.4) is 0 Å². The highest BCUT2D eigenvalue weighted by Gasteiger charge is 2.27. The van der Waals surface area contributed by atoms with Gasteiger partial charge < -0.3 is 4.74 Å². The number of rotatable bonds is 6. The molecule has 1 aromatic carbocycles. The SMILES string of the molecule is C=CC[C@@H](c1ccccc1)N(CC=C)C(=O)OC(C)(C)C. The van der Waals surface area contributed by atoms with Crippen molar-refractivity contribution in [2.75, 3.05) is 6.54 Å². The molecule has 0 spiro atoms. The van der Waals surface area contributed by atoms with Crippen LogP contribution < -0.4 is 0 Å². The van der Waals surface area contributed by atoms with Gasteiger partial charge in [-0.2, -0.15) is 0 Å². The molecule has 3 heteroatoms. The molecule has 1 rings (SSSR count). The lowest BCUT2D eigenvalue weighted by atomic mass is 10.0. The predicted molar refractivity (Wildman–Crippen MR) is 87.1 cm³/mol. The third-order valence-corrected chi connectivity index (χ3v) is 2.90. The van der Waals surface area contributed by atoms with Crippen LogP contribution in [0.2, 0.25) is 0 Å². The summed E-state index contributed by atoms with van der Waals surface area (Å²) in [6.07, 6.45) is 3.86. The molecule has 0 saturated carbocycles. The van der Waals surface area contributed by atoms with Crippen molar-refractivity contribution < 1.29 is 9.53 Å². The summed E-state index contributed by atoms with van der Waals surface area (Å²) in [6.45, 7) is 13.6. The van der Waals surface area contributed by atoms with Gasteiger partial charge in [0, 0.05) is 6.54 Å². The van der Waals surface area contributed by atoms with Gasteiger partial charge in [-0.1, -0.05) is 42.5 Å². The van der Waals surface area contributed by atoms with E-state index in [1.54, 1.807) is 11.0 Å². The maximum atomic E-state index is 12.5. The van der Waals surface area contributed by atoms with Crippen LogP contribution in [0, 0.1) is 0 Å². The predicted octanol–water partition coefficient (Wildman–Crippen LogP) is 4.73. The lowest BCUT2D eigenvalue weighted by molar-refractivity contribution is 0.0187. The van der Waals surface area contributed by atoms with Crippen molar-refractivity contribution in [3.63, 3.8) is 0 Å². The van der Waals surface area contributed by atoms with Crippen molar-refractivity contribution in [2.24, 2.45) is 0 Å². The van der Waals surface area contributed by atoms with Gasteiger partial charge in [-0.3, -0.25) is 4.90 Å². The quantitative estimate of drug-likeness (QED) is 0.708. The molecule has 1 amide bonds. The lowest BCUT2D eigenvalue weighted by Gasteiger charge is -2.32. The first-order valence-electron chi connectivity index (χ1n) is 7.15. The normalized spacial score (nSPS) is 12.3. The molecule has 1 aromatic rings. The fourth-order valence-electron chi connectivity index (χ4n) is 2.06. The van der Waals surface area contributed by atoms with Crippen LogP contribution in [-0.4, -0.2) is 23.1 Å². The Kier molecular flexibility index (Phi) is 6.22. The summed E-state index contributed by atoms with van der Waals surface area (Å²) in [4.78, 5) is 14.1. The summed E-state index contributed by atoms with van der Waals surface area (Å²) in [6, 6.07) is 9.80. The van der Waals surface area contributed by atoms with Crippen molar-refractivity contribution in [1.29, 1.82) is 0 Å². The average molecular weight is 287 g/mol. The fourth-order valence-corrected chi connectivity index (χ4v) is 2.06. The molecule has 1 atom stereocenters. The largest absolute Gasteiger partial charge is 0.444 e. The highest BCUT2D eigenvalue weighted by Crippen LogP contribution is 2.26. The molecule has 0 aliphatic rings. The summed E-state index contributed by atoms with van der Waals surface area (Å²) < 4.78 is 5.51. The number of carbonyl (C=O) groups is 1. The molecule has 114 valence electrons. The molecular formula is C18H25NO2. The Morgan fingerprint density at radius 3 is 2.33 bits per heavy atom. The highest BCUT2D eigenvalue weighted by molar-refractivity contribution is 5.69. The first kappa shape index (κ1) is 17.0. The number of amides is 1. The van der Waals surface area contributed by atoms with E-state index in [9.17, 15) is 4.79 Å². The Balaban J connectivity index is 3.06. The molecule has 0 aliphatic heterocycles. The first-order valence-corrected chi connectivity index (χ1v) is 7.15. The molecule has 3 nitrogen and oxygen atoms in total. The molecule has 0 heterocycles. The van der Waals surface area contributed by atoms with Gasteiger partial charge in [0.05, 0.1) is 6.04 Å². The maximum Gasteiger partial charge on any atom is 0.411 e. The molecular weight excluding hydrogens is 262 g/mol. The summed E-state index contributed by atoms with van der Waals surface area (Å²) >= 11 is 0. The van der Waals surface area contributed by atoms with Crippen LogP contribution in [-0.2, 0) is 4.74 Å². The van der Waals surface area contributed by atoms with E-state index in [4.69, 9.17) is 4.74 Å². The average Bonchev–Trinajstić information content (AvgIpc) is 2.41. The van der Waals surface area contributed by atoms with Gasteiger partial charge in [0.1, 0.15) is 5.60 Å². The van der Waals surface area contributed by atoms with Crippen LogP contribution in [0.15, 0.2) is 55.6 Å². The maximum absolute atomic E-state index is 12.5. The second-order valence-electron chi connectivity index (χ2n) is 5.87. The monoisotopic (exact) mass is 287 g/mol. The Morgan fingerprint density at radius 1 is 1.24 bits per heavy atom. The summed E-state index contributed by atoms with van der Waals surface area (Å²) in [5, 5.41) is 0. The van der Waals surface area contributed by atoms with Crippen LogP contribution >= 0.6 is 0 Å². The molecule has 0 aromatic heterocycles. The van der Waals surface area contributed by atoms with Crippen molar-refractivity contribution in [1.82, 2.24) is 4.90 Å². The molecule has 0 unspecified atom stereocenters. The van der Waals surface area contributed by atoms with E-state index in [1.165, 1.54) is 0 Å². The van der Waals surface area contributed by atoms with Gasteiger partial charge in [-0.15, -0.1) is 13.2 Å². The molecule has 0 N–H and O–H groups in total. The van der Waals surface area contributed by atoms with E-state index in [2.05, 4.69) is 13.2 Å². The van der Waals surface area contributed by atoms with E-state index in [1.807, 2.05) is 57.2 Å². The van der Waals surface area contributed by atoms with E-state index in [0.29, 0.717) is 13.0 Å². The standard InChI is InChI=1S/C18H25NO2/c1-6-11-16(15-12-9-8-10-13-15)19(14-7-2)17(20)21-18(3,4)5/h6-10,12-13,16H,1-2,11,14H2,3-5H3/t16-/m0/s1. The van der Waals surface area contributed by atoms with Crippen LogP contribution in [0.25, 0.3) is 0 Å². The van der Waals surface area contributed by atoms with Gasteiger partial charge in [0.2, 0.25) is 0 Å². The van der Waals surface area contributed by atoms with Crippen molar-refractivity contribution in [3.05, 3.63) is 61.2 Å².